The molecule has 1 aromatic heterocycles. The zero-order chi connectivity index (χ0) is 19.5. The first kappa shape index (κ1) is 24.2. The molecule has 0 N–H and O–H groups in total. The van der Waals surface area contributed by atoms with Crippen molar-refractivity contribution in [3.05, 3.63) is 18.7 Å². The van der Waals surface area contributed by atoms with E-state index in [1.165, 1.54) is 70.8 Å². The molecular formula is C16H31F6N2P. The predicted octanol–water partition coefficient (Wildman–Crippen LogP) is 7.62. The number of imidazole rings is 1. The van der Waals surface area contributed by atoms with Crippen LogP contribution in [0.25, 0.3) is 0 Å². The summed E-state index contributed by atoms with van der Waals surface area (Å²) in [4.78, 5) is 0. The molecule has 0 aromatic carbocycles. The third-order valence-electron chi connectivity index (χ3n) is 3.59. The van der Waals surface area contributed by atoms with Gasteiger partial charge in [-0.1, -0.05) is 58.3 Å². The van der Waals surface area contributed by atoms with Gasteiger partial charge in [0.15, 0.2) is 0 Å². The minimum atomic E-state index is -10.7. The molecule has 152 valence electrons. The number of rotatable bonds is 11. The van der Waals surface area contributed by atoms with Gasteiger partial charge in [-0.3, -0.25) is 0 Å². The summed E-state index contributed by atoms with van der Waals surface area (Å²) in [7, 11) is -8.58. The molecule has 0 bridgehead atoms. The Hall–Kier alpha value is -0.780. The molecule has 0 unspecified atom stereocenters. The summed E-state index contributed by atoms with van der Waals surface area (Å²) in [6.07, 6.45) is 20.6. The van der Waals surface area contributed by atoms with E-state index in [4.69, 9.17) is 0 Å². The molecule has 1 heterocycles. The molecule has 0 atom stereocenters. The van der Waals surface area contributed by atoms with Crippen LogP contribution in [-0.4, -0.2) is 4.57 Å². The van der Waals surface area contributed by atoms with Crippen molar-refractivity contribution < 1.29 is 29.7 Å². The van der Waals surface area contributed by atoms with Gasteiger partial charge in [-0.15, -0.1) is 0 Å². The van der Waals surface area contributed by atoms with Crippen molar-refractivity contribution in [2.75, 3.05) is 0 Å². The molecular weight excluding hydrogens is 365 g/mol. The second-order valence-electron chi connectivity index (χ2n) is 6.46. The van der Waals surface area contributed by atoms with E-state index in [2.05, 4.69) is 41.8 Å². The number of aromatic nitrogens is 2. The number of hydrogen-bond donors (Lipinski definition) is 0. The van der Waals surface area contributed by atoms with Crippen molar-refractivity contribution >= 4 is 7.81 Å². The molecule has 1 aromatic rings. The van der Waals surface area contributed by atoms with Crippen molar-refractivity contribution in [3.63, 3.8) is 0 Å². The molecule has 0 saturated heterocycles. The van der Waals surface area contributed by atoms with E-state index in [0.717, 1.165) is 0 Å². The Morgan fingerprint density at radius 2 is 1.16 bits per heavy atom. The van der Waals surface area contributed by atoms with Gasteiger partial charge in [0.2, 0.25) is 6.33 Å². The van der Waals surface area contributed by atoms with Gasteiger partial charge in [0.1, 0.15) is 12.4 Å². The summed E-state index contributed by atoms with van der Waals surface area (Å²) in [5.74, 6) is 0. The molecule has 25 heavy (non-hydrogen) atoms. The molecule has 0 aliphatic heterocycles. The van der Waals surface area contributed by atoms with Crippen LogP contribution in [-0.2, 0) is 13.6 Å². The summed E-state index contributed by atoms with van der Waals surface area (Å²) in [5.41, 5.74) is 0. The molecule has 0 saturated carbocycles. The van der Waals surface area contributed by atoms with E-state index < -0.39 is 7.81 Å². The Bertz CT molecular complexity index is 458. The summed E-state index contributed by atoms with van der Waals surface area (Å²) in [6, 6.07) is 0. The molecule has 0 spiro atoms. The SMILES string of the molecule is CCCCCCCCCCCCn1cc[n+](C)c1.F[P-](F)(F)(F)(F)F. The van der Waals surface area contributed by atoms with Crippen LogP contribution in [0.4, 0.5) is 25.2 Å². The zero-order valence-corrected chi connectivity index (χ0v) is 16.0. The Balaban J connectivity index is 0.000000697. The van der Waals surface area contributed by atoms with E-state index in [1.54, 1.807) is 0 Å². The van der Waals surface area contributed by atoms with Crippen LogP contribution in [0.1, 0.15) is 71.1 Å². The fourth-order valence-corrected chi connectivity index (χ4v) is 2.42. The second kappa shape index (κ2) is 9.79. The Labute approximate surface area is 146 Å². The van der Waals surface area contributed by atoms with E-state index in [-0.39, 0.29) is 0 Å². The van der Waals surface area contributed by atoms with Crippen molar-refractivity contribution in [2.24, 2.45) is 7.05 Å². The molecule has 1 rings (SSSR count). The third kappa shape index (κ3) is 25.6. The number of nitrogens with zero attached hydrogens (tertiary/aromatic N) is 2. The summed E-state index contributed by atoms with van der Waals surface area (Å²) < 4.78 is 63.6. The van der Waals surface area contributed by atoms with Gasteiger partial charge in [0.25, 0.3) is 0 Å². The van der Waals surface area contributed by atoms with Crippen molar-refractivity contribution in [3.8, 4) is 0 Å². The number of aryl methyl sites for hydroxylation is 2. The van der Waals surface area contributed by atoms with E-state index >= 15 is 0 Å². The fourth-order valence-electron chi connectivity index (χ4n) is 2.42. The third-order valence-corrected chi connectivity index (χ3v) is 3.59. The topological polar surface area (TPSA) is 8.81 Å². The Morgan fingerprint density at radius 1 is 0.760 bits per heavy atom. The zero-order valence-electron chi connectivity index (χ0n) is 15.1. The molecule has 0 radical (unpaired) electrons. The molecule has 0 fully saturated rings. The summed E-state index contributed by atoms with van der Waals surface area (Å²) in [5, 5.41) is 0. The van der Waals surface area contributed by atoms with Gasteiger partial charge in [-0.2, -0.15) is 0 Å². The van der Waals surface area contributed by atoms with Gasteiger partial charge in [-0.05, 0) is 12.8 Å². The van der Waals surface area contributed by atoms with Crippen LogP contribution in [0.15, 0.2) is 18.7 Å². The maximum atomic E-state index is 9.87. The average Bonchev–Trinajstić information content (AvgIpc) is 2.83. The molecule has 0 amide bonds. The molecule has 9 heteroatoms. The standard InChI is InChI=1S/C16H31N2.F6P/c1-3-4-5-6-7-8-9-10-11-12-13-18-15-14-17(2)16-18;1-7(2,3,4,5)6/h14-16H,3-13H2,1-2H3;/q+1;-1. The van der Waals surface area contributed by atoms with E-state index in [0.29, 0.717) is 0 Å². The van der Waals surface area contributed by atoms with Crippen LogP contribution >= 0.6 is 7.81 Å². The van der Waals surface area contributed by atoms with Gasteiger partial charge in [0, 0.05) is 0 Å². The predicted molar refractivity (Wildman–Crippen MR) is 91.0 cm³/mol. The second-order valence-corrected chi connectivity index (χ2v) is 8.37. The quantitative estimate of drug-likeness (QED) is 0.157. The first-order chi connectivity index (χ1) is 11.3. The van der Waals surface area contributed by atoms with Gasteiger partial charge in [0.05, 0.1) is 13.6 Å². The number of halogens is 6. The monoisotopic (exact) mass is 396 g/mol. The Kier molecular flexibility index (Phi) is 9.48. The van der Waals surface area contributed by atoms with Gasteiger partial charge >= 0.3 is 33.0 Å². The first-order valence-corrected chi connectivity index (χ1v) is 10.9. The summed E-state index contributed by atoms with van der Waals surface area (Å²) >= 11 is 0. The van der Waals surface area contributed by atoms with Gasteiger partial charge in [-0.25, -0.2) is 9.13 Å². The van der Waals surface area contributed by atoms with Crippen LogP contribution in [0.3, 0.4) is 0 Å². The fraction of sp³-hybridized carbons (Fsp3) is 0.812. The molecule has 0 aliphatic carbocycles. The normalized spacial score (nSPS) is 14.4. The van der Waals surface area contributed by atoms with Crippen LogP contribution in [0.2, 0.25) is 0 Å². The number of unbranched alkanes of at least 4 members (excludes halogenated alkanes) is 9. The molecule has 0 aliphatic rings. The minimum absolute atomic E-state index is 1.18. The summed E-state index contributed by atoms with van der Waals surface area (Å²) in [6.45, 7) is 3.46. The van der Waals surface area contributed by atoms with E-state index in [1.807, 2.05) is 0 Å². The van der Waals surface area contributed by atoms with Crippen molar-refractivity contribution in [1.82, 2.24) is 4.57 Å². The van der Waals surface area contributed by atoms with E-state index in [9.17, 15) is 25.2 Å². The Morgan fingerprint density at radius 3 is 1.52 bits per heavy atom. The van der Waals surface area contributed by atoms with Crippen LogP contribution in [0.5, 0.6) is 0 Å². The van der Waals surface area contributed by atoms with Crippen LogP contribution in [0, 0.1) is 0 Å². The maximum absolute atomic E-state index is 10.7. The first-order valence-electron chi connectivity index (χ1n) is 8.85. The average molecular weight is 396 g/mol. The molecule has 2 nitrogen and oxygen atoms in total. The van der Waals surface area contributed by atoms with Crippen molar-refractivity contribution in [2.45, 2.75) is 77.7 Å². The van der Waals surface area contributed by atoms with Crippen LogP contribution < -0.4 is 4.57 Å². The number of hydrogen-bond acceptors (Lipinski definition) is 0. The van der Waals surface area contributed by atoms with Gasteiger partial charge < -0.3 is 0 Å². The van der Waals surface area contributed by atoms with Crippen molar-refractivity contribution in [1.29, 1.82) is 0 Å².